The third kappa shape index (κ3) is 4.53. The van der Waals surface area contributed by atoms with Crippen LogP contribution in [0.4, 0.5) is 14.5 Å². The Morgan fingerprint density at radius 3 is 2.64 bits per heavy atom. The molecule has 3 heterocycles. The van der Waals surface area contributed by atoms with E-state index in [2.05, 4.69) is 20.3 Å². The van der Waals surface area contributed by atoms with Crippen molar-refractivity contribution in [2.45, 2.75) is 25.3 Å². The molecule has 1 saturated heterocycles. The fourth-order valence-electron chi connectivity index (χ4n) is 4.76. The van der Waals surface area contributed by atoms with Gasteiger partial charge in [-0.3, -0.25) is 14.3 Å². The Balaban J connectivity index is 1.40. The van der Waals surface area contributed by atoms with E-state index in [1.165, 1.54) is 24.3 Å². The summed E-state index contributed by atoms with van der Waals surface area (Å²) in [5.41, 5.74) is 9.57. The van der Waals surface area contributed by atoms with Crippen LogP contribution in [-0.2, 0) is 7.05 Å². The standard InChI is InChI=1S/C26H26F2N6O2/c1-33-13-17(12-30-33)21-11-20-22(9-8-19(25(29)35)23(20)32-21)34-10-2-3-18(14-34)31-26(36)16-6-4-15(5-7-16)24(27)28/h4-9,11-13,18,24,32H,2-3,10,14H2,1H3,(H2,29,35)(H,31,36)/t18-/m1/s1. The van der Waals surface area contributed by atoms with Crippen molar-refractivity contribution in [3.8, 4) is 11.3 Å². The Hall–Kier alpha value is -4.21. The van der Waals surface area contributed by atoms with Crippen LogP contribution in [-0.4, -0.2) is 45.7 Å². The lowest BCUT2D eigenvalue weighted by Crippen LogP contribution is -2.47. The van der Waals surface area contributed by atoms with E-state index < -0.39 is 12.3 Å². The van der Waals surface area contributed by atoms with Crippen molar-refractivity contribution in [3.63, 3.8) is 0 Å². The number of carbonyl (C=O) groups is 2. The number of hydrogen-bond donors (Lipinski definition) is 3. The summed E-state index contributed by atoms with van der Waals surface area (Å²) in [5.74, 6) is -0.815. The SMILES string of the molecule is Cn1cc(-c2cc3c(N4CCC[C@@H](NC(=O)c5ccc(C(F)F)cc5)C4)ccc(C(N)=O)c3[nH]2)cn1. The van der Waals surface area contributed by atoms with Crippen LogP contribution in [0.25, 0.3) is 22.2 Å². The highest BCUT2D eigenvalue weighted by atomic mass is 19.3. The first-order valence-corrected chi connectivity index (χ1v) is 11.7. The first kappa shape index (κ1) is 23.5. The van der Waals surface area contributed by atoms with Crippen molar-refractivity contribution in [3.05, 3.63) is 71.5 Å². The lowest BCUT2D eigenvalue weighted by Gasteiger charge is -2.35. The zero-order valence-corrected chi connectivity index (χ0v) is 19.7. The molecule has 4 N–H and O–H groups in total. The largest absolute Gasteiger partial charge is 0.369 e. The summed E-state index contributed by atoms with van der Waals surface area (Å²) in [7, 11) is 1.84. The van der Waals surface area contributed by atoms with E-state index >= 15 is 0 Å². The van der Waals surface area contributed by atoms with Crippen LogP contribution in [0.5, 0.6) is 0 Å². The summed E-state index contributed by atoms with van der Waals surface area (Å²) in [6, 6.07) is 10.9. The average molecular weight is 493 g/mol. The Morgan fingerprint density at radius 2 is 1.97 bits per heavy atom. The van der Waals surface area contributed by atoms with Crippen molar-refractivity contribution in [2.75, 3.05) is 18.0 Å². The first-order chi connectivity index (χ1) is 17.3. The topological polar surface area (TPSA) is 109 Å². The first-order valence-electron chi connectivity index (χ1n) is 11.7. The van der Waals surface area contributed by atoms with Gasteiger partial charge in [-0.2, -0.15) is 5.10 Å². The molecule has 2 aromatic heterocycles. The highest BCUT2D eigenvalue weighted by Gasteiger charge is 2.25. The smallest absolute Gasteiger partial charge is 0.263 e. The van der Waals surface area contributed by atoms with Gasteiger partial charge in [-0.05, 0) is 43.2 Å². The summed E-state index contributed by atoms with van der Waals surface area (Å²) in [5, 5.41) is 8.12. The predicted molar refractivity (Wildman–Crippen MR) is 133 cm³/mol. The Bertz CT molecular complexity index is 1430. The summed E-state index contributed by atoms with van der Waals surface area (Å²) in [6.07, 6.45) is 2.71. The van der Waals surface area contributed by atoms with Gasteiger partial charge in [0.05, 0.1) is 17.3 Å². The number of benzene rings is 2. The number of halogens is 2. The van der Waals surface area contributed by atoms with E-state index in [1.807, 2.05) is 25.4 Å². The molecule has 186 valence electrons. The molecule has 2 amide bonds. The summed E-state index contributed by atoms with van der Waals surface area (Å²) in [6.45, 7) is 1.35. The van der Waals surface area contributed by atoms with Crippen molar-refractivity contribution in [1.82, 2.24) is 20.1 Å². The van der Waals surface area contributed by atoms with Crippen LogP contribution in [0.15, 0.2) is 54.9 Å². The van der Waals surface area contributed by atoms with Gasteiger partial charge in [0.25, 0.3) is 18.2 Å². The molecule has 4 aromatic rings. The molecule has 5 rings (SSSR count). The Morgan fingerprint density at radius 1 is 1.19 bits per heavy atom. The van der Waals surface area contributed by atoms with Crippen LogP contribution in [0, 0.1) is 0 Å². The van der Waals surface area contributed by atoms with E-state index in [4.69, 9.17) is 5.73 Å². The highest BCUT2D eigenvalue weighted by Crippen LogP contribution is 2.34. The number of aromatic nitrogens is 3. The zero-order chi connectivity index (χ0) is 25.4. The Kier molecular flexibility index (Phi) is 6.17. The number of nitrogens with two attached hydrogens (primary N) is 1. The van der Waals surface area contributed by atoms with Gasteiger partial charge in [-0.15, -0.1) is 0 Å². The van der Waals surface area contributed by atoms with Gasteiger partial charge in [-0.1, -0.05) is 12.1 Å². The number of amides is 2. The number of rotatable bonds is 6. The minimum absolute atomic E-state index is 0.115. The van der Waals surface area contributed by atoms with Crippen LogP contribution in [0.1, 0.15) is 45.5 Å². The summed E-state index contributed by atoms with van der Waals surface area (Å²) >= 11 is 0. The van der Waals surface area contributed by atoms with Crippen molar-refractivity contribution < 1.29 is 18.4 Å². The Labute approximate surface area is 206 Å². The number of nitrogens with zero attached hydrogens (tertiary/aromatic N) is 3. The number of primary amides is 1. The third-order valence-electron chi connectivity index (χ3n) is 6.57. The third-order valence-corrected chi connectivity index (χ3v) is 6.57. The summed E-state index contributed by atoms with van der Waals surface area (Å²) in [4.78, 5) is 30.4. The fourth-order valence-corrected chi connectivity index (χ4v) is 4.76. The molecule has 1 aliphatic heterocycles. The predicted octanol–water partition coefficient (Wildman–Crippen LogP) is 4.00. The number of nitrogens with one attached hydrogen (secondary N) is 2. The normalized spacial score (nSPS) is 16.0. The van der Waals surface area contributed by atoms with E-state index in [0.717, 1.165) is 41.7 Å². The maximum absolute atomic E-state index is 12.8. The lowest BCUT2D eigenvalue weighted by atomic mass is 10.0. The molecular weight excluding hydrogens is 466 g/mol. The van der Waals surface area contributed by atoms with Gasteiger partial charge in [-0.25, -0.2) is 8.78 Å². The van der Waals surface area contributed by atoms with E-state index in [0.29, 0.717) is 23.2 Å². The van der Waals surface area contributed by atoms with Gasteiger partial charge in [0, 0.05) is 65.8 Å². The van der Waals surface area contributed by atoms with E-state index in [-0.39, 0.29) is 17.5 Å². The fraction of sp³-hybridized carbons (Fsp3) is 0.269. The molecule has 2 aromatic carbocycles. The summed E-state index contributed by atoms with van der Waals surface area (Å²) < 4.78 is 27.3. The second-order valence-electron chi connectivity index (χ2n) is 9.05. The monoisotopic (exact) mass is 492 g/mol. The van der Waals surface area contributed by atoms with E-state index in [9.17, 15) is 18.4 Å². The number of piperidine rings is 1. The molecule has 0 unspecified atom stereocenters. The number of alkyl halides is 2. The number of aryl methyl sites for hydroxylation is 1. The minimum Gasteiger partial charge on any atom is -0.369 e. The van der Waals surface area contributed by atoms with Crippen LogP contribution in [0.2, 0.25) is 0 Å². The zero-order valence-electron chi connectivity index (χ0n) is 19.7. The van der Waals surface area contributed by atoms with Crippen molar-refractivity contribution in [2.24, 2.45) is 12.8 Å². The molecule has 0 bridgehead atoms. The van der Waals surface area contributed by atoms with Gasteiger partial charge in [0.15, 0.2) is 0 Å². The van der Waals surface area contributed by atoms with Gasteiger partial charge < -0.3 is 20.9 Å². The number of carbonyl (C=O) groups excluding carboxylic acids is 2. The molecule has 8 nitrogen and oxygen atoms in total. The lowest BCUT2D eigenvalue weighted by molar-refractivity contribution is 0.0931. The van der Waals surface area contributed by atoms with Crippen LogP contribution >= 0.6 is 0 Å². The minimum atomic E-state index is -2.57. The molecule has 1 aliphatic rings. The highest BCUT2D eigenvalue weighted by molar-refractivity contribution is 6.10. The van der Waals surface area contributed by atoms with Crippen LogP contribution in [0.3, 0.4) is 0 Å². The molecule has 0 spiro atoms. The second-order valence-corrected chi connectivity index (χ2v) is 9.05. The van der Waals surface area contributed by atoms with Gasteiger partial charge in [0.2, 0.25) is 0 Å². The number of hydrogen-bond acceptors (Lipinski definition) is 4. The quantitative estimate of drug-likeness (QED) is 0.378. The molecule has 36 heavy (non-hydrogen) atoms. The number of anilines is 1. The van der Waals surface area contributed by atoms with E-state index in [1.54, 1.807) is 16.9 Å². The molecule has 10 heteroatoms. The average Bonchev–Trinajstić information content (AvgIpc) is 3.50. The molecule has 0 aliphatic carbocycles. The number of H-pyrrole nitrogens is 1. The molecule has 1 atom stereocenters. The van der Waals surface area contributed by atoms with Gasteiger partial charge >= 0.3 is 0 Å². The van der Waals surface area contributed by atoms with Crippen LogP contribution < -0.4 is 16.0 Å². The molecule has 0 radical (unpaired) electrons. The van der Waals surface area contributed by atoms with Crippen molar-refractivity contribution in [1.29, 1.82) is 0 Å². The maximum atomic E-state index is 12.8. The maximum Gasteiger partial charge on any atom is 0.263 e. The van der Waals surface area contributed by atoms with Crippen molar-refractivity contribution >= 4 is 28.4 Å². The second kappa shape index (κ2) is 9.44. The van der Waals surface area contributed by atoms with Gasteiger partial charge in [0.1, 0.15) is 0 Å². The number of fused-ring (bicyclic) bond motifs is 1. The number of aromatic amines is 1. The molecule has 1 fully saturated rings. The molecule has 0 saturated carbocycles. The molecular formula is C26H26F2N6O2.